The van der Waals surface area contributed by atoms with Crippen molar-refractivity contribution in [2.45, 2.75) is 6.61 Å². The second-order valence-electron chi connectivity index (χ2n) is 6.03. The smallest absolute Gasteiger partial charge is 0.293 e. The molecule has 1 fully saturated rings. The van der Waals surface area contributed by atoms with Crippen molar-refractivity contribution in [2.75, 3.05) is 13.7 Å². The molecular formula is C21H17BrClNO4S. The van der Waals surface area contributed by atoms with Crippen LogP contribution in [0, 0.1) is 0 Å². The van der Waals surface area contributed by atoms with Gasteiger partial charge in [0.1, 0.15) is 6.61 Å². The Labute approximate surface area is 186 Å². The van der Waals surface area contributed by atoms with E-state index in [1.165, 1.54) is 13.2 Å². The first-order chi connectivity index (χ1) is 13.9. The quantitative estimate of drug-likeness (QED) is 0.354. The predicted molar refractivity (Wildman–Crippen MR) is 119 cm³/mol. The summed E-state index contributed by atoms with van der Waals surface area (Å²) in [6.07, 6.45) is 3.12. The topological polar surface area (TPSA) is 55.8 Å². The molecule has 2 amide bonds. The molecule has 3 rings (SSSR count). The average Bonchev–Trinajstić information content (AvgIpc) is 2.96. The van der Waals surface area contributed by atoms with E-state index >= 15 is 0 Å². The van der Waals surface area contributed by atoms with Gasteiger partial charge in [0.05, 0.1) is 17.0 Å². The zero-order valence-corrected chi connectivity index (χ0v) is 18.6. The minimum absolute atomic E-state index is 0.176. The van der Waals surface area contributed by atoms with E-state index in [9.17, 15) is 9.59 Å². The van der Waals surface area contributed by atoms with E-state index in [4.69, 9.17) is 21.1 Å². The number of amides is 2. The maximum absolute atomic E-state index is 12.4. The molecule has 0 radical (unpaired) electrons. The van der Waals surface area contributed by atoms with Gasteiger partial charge in [-0.05, 0) is 53.2 Å². The SMILES string of the molecule is C=CCN1C(=O)S/C(=C/c2cc(Cl)c(OCc3ccc(Br)cc3)c(OC)c2)C1=O. The number of carbonyl (C=O) groups is 2. The van der Waals surface area contributed by atoms with E-state index in [1.807, 2.05) is 24.3 Å². The molecule has 150 valence electrons. The van der Waals surface area contributed by atoms with Crippen LogP contribution in [0.3, 0.4) is 0 Å². The summed E-state index contributed by atoms with van der Waals surface area (Å²) in [4.78, 5) is 25.8. The summed E-state index contributed by atoms with van der Waals surface area (Å²) in [6, 6.07) is 11.1. The van der Waals surface area contributed by atoms with Gasteiger partial charge < -0.3 is 9.47 Å². The summed E-state index contributed by atoms with van der Waals surface area (Å²) in [6.45, 7) is 4.06. The zero-order valence-electron chi connectivity index (χ0n) is 15.5. The number of carbonyl (C=O) groups excluding carboxylic acids is 2. The maximum atomic E-state index is 12.4. The lowest BCUT2D eigenvalue weighted by molar-refractivity contribution is -0.122. The molecule has 2 aromatic carbocycles. The Balaban J connectivity index is 1.83. The molecule has 2 aromatic rings. The molecule has 0 spiro atoms. The van der Waals surface area contributed by atoms with Crippen LogP contribution in [0.5, 0.6) is 11.5 Å². The fraction of sp³-hybridized carbons (Fsp3) is 0.143. The molecule has 0 atom stereocenters. The Hall–Kier alpha value is -2.22. The fourth-order valence-electron chi connectivity index (χ4n) is 2.64. The van der Waals surface area contributed by atoms with Crippen molar-refractivity contribution in [1.82, 2.24) is 4.90 Å². The molecule has 1 saturated heterocycles. The van der Waals surface area contributed by atoms with Gasteiger partial charge in [0.2, 0.25) is 0 Å². The van der Waals surface area contributed by atoms with E-state index in [0.717, 1.165) is 26.7 Å². The van der Waals surface area contributed by atoms with Crippen LogP contribution in [0.4, 0.5) is 4.79 Å². The highest BCUT2D eigenvalue weighted by Crippen LogP contribution is 2.39. The molecule has 29 heavy (non-hydrogen) atoms. The average molecular weight is 495 g/mol. The first-order valence-electron chi connectivity index (χ1n) is 8.54. The van der Waals surface area contributed by atoms with Crippen molar-refractivity contribution < 1.29 is 19.1 Å². The molecule has 0 aliphatic carbocycles. The molecule has 1 aliphatic heterocycles. The third kappa shape index (κ3) is 5.04. The van der Waals surface area contributed by atoms with Gasteiger partial charge >= 0.3 is 0 Å². The number of hydrogen-bond acceptors (Lipinski definition) is 5. The van der Waals surface area contributed by atoms with Crippen molar-refractivity contribution in [3.63, 3.8) is 0 Å². The van der Waals surface area contributed by atoms with E-state index in [1.54, 1.807) is 18.2 Å². The molecule has 0 bridgehead atoms. The zero-order chi connectivity index (χ0) is 21.0. The molecule has 1 aliphatic rings. The van der Waals surface area contributed by atoms with Gasteiger partial charge in [0.15, 0.2) is 11.5 Å². The van der Waals surface area contributed by atoms with Crippen LogP contribution >= 0.6 is 39.3 Å². The van der Waals surface area contributed by atoms with Gasteiger partial charge in [0.25, 0.3) is 11.1 Å². The van der Waals surface area contributed by atoms with Crippen molar-refractivity contribution in [3.8, 4) is 11.5 Å². The molecular weight excluding hydrogens is 478 g/mol. The normalized spacial score (nSPS) is 15.1. The molecule has 8 heteroatoms. The largest absolute Gasteiger partial charge is 0.493 e. The first kappa shape index (κ1) is 21.5. The van der Waals surface area contributed by atoms with Crippen LogP contribution in [0.1, 0.15) is 11.1 Å². The van der Waals surface area contributed by atoms with Gasteiger partial charge in [-0.25, -0.2) is 0 Å². The first-order valence-corrected chi connectivity index (χ1v) is 10.5. The van der Waals surface area contributed by atoms with Crippen molar-refractivity contribution >= 4 is 56.5 Å². The highest BCUT2D eigenvalue weighted by Gasteiger charge is 2.34. The van der Waals surface area contributed by atoms with Crippen LogP contribution in [-0.4, -0.2) is 29.7 Å². The monoisotopic (exact) mass is 493 g/mol. The fourth-order valence-corrected chi connectivity index (χ4v) is 4.02. The highest BCUT2D eigenvalue weighted by atomic mass is 79.9. The molecule has 0 N–H and O–H groups in total. The molecule has 0 unspecified atom stereocenters. The Bertz CT molecular complexity index is 991. The van der Waals surface area contributed by atoms with Crippen LogP contribution in [-0.2, 0) is 11.4 Å². The predicted octanol–water partition coefficient (Wildman–Crippen LogP) is 5.91. The Morgan fingerprint density at radius 1 is 1.24 bits per heavy atom. The van der Waals surface area contributed by atoms with Crippen molar-refractivity contribution in [3.05, 3.63) is 74.6 Å². The van der Waals surface area contributed by atoms with E-state index < -0.39 is 0 Å². The number of hydrogen-bond donors (Lipinski definition) is 0. The second kappa shape index (κ2) is 9.52. The summed E-state index contributed by atoms with van der Waals surface area (Å²) in [5.41, 5.74) is 1.61. The molecule has 0 aromatic heterocycles. The lowest BCUT2D eigenvalue weighted by Crippen LogP contribution is -2.27. The third-order valence-corrected chi connectivity index (χ3v) is 5.75. The summed E-state index contributed by atoms with van der Waals surface area (Å²) >= 11 is 10.7. The Kier molecular flexibility index (Phi) is 7.05. The minimum Gasteiger partial charge on any atom is -0.493 e. The summed E-state index contributed by atoms with van der Waals surface area (Å²) < 4.78 is 12.3. The van der Waals surface area contributed by atoms with E-state index in [0.29, 0.717) is 33.6 Å². The van der Waals surface area contributed by atoms with Gasteiger partial charge in [-0.1, -0.05) is 45.7 Å². The Morgan fingerprint density at radius 2 is 1.97 bits per heavy atom. The van der Waals surface area contributed by atoms with Crippen molar-refractivity contribution in [1.29, 1.82) is 0 Å². The number of ether oxygens (including phenoxy) is 2. The van der Waals surface area contributed by atoms with Crippen molar-refractivity contribution in [2.24, 2.45) is 0 Å². The minimum atomic E-state index is -0.356. The number of halogens is 2. The third-order valence-electron chi connectivity index (χ3n) is 4.03. The number of thioether (sulfide) groups is 1. The summed E-state index contributed by atoms with van der Waals surface area (Å²) in [5, 5.41) is 0.0201. The standard InChI is InChI=1S/C21H17BrClNO4S/c1-3-8-24-20(25)18(29-21(24)26)11-14-9-16(23)19(17(10-14)27-2)28-12-13-4-6-15(22)7-5-13/h3-7,9-11H,1,8,12H2,2H3/b18-11+. The maximum Gasteiger partial charge on any atom is 0.293 e. The molecule has 5 nitrogen and oxygen atoms in total. The van der Waals surface area contributed by atoms with Gasteiger partial charge in [-0.3, -0.25) is 14.5 Å². The van der Waals surface area contributed by atoms with Gasteiger partial charge in [-0.2, -0.15) is 0 Å². The number of rotatable bonds is 7. The summed E-state index contributed by atoms with van der Waals surface area (Å²) in [7, 11) is 1.51. The highest BCUT2D eigenvalue weighted by molar-refractivity contribution is 9.10. The lowest BCUT2D eigenvalue weighted by atomic mass is 10.1. The van der Waals surface area contributed by atoms with Crippen LogP contribution in [0.15, 0.2) is 58.4 Å². The number of benzene rings is 2. The number of imide groups is 1. The molecule has 1 heterocycles. The lowest BCUT2D eigenvalue weighted by Gasteiger charge is -2.14. The number of methoxy groups -OCH3 is 1. The number of nitrogens with zero attached hydrogens (tertiary/aromatic N) is 1. The Morgan fingerprint density at radius 3 is 2.62 bits per heavy atom. The summed E-state index contributed by atoms with van der Waals surface area (Å²) in [5.74, 6) is 0.491. The van der Waals surface area contributed by atoms with E-state index in [2.05, 4.69) is 22.5 Å². The molecule has 0 saturated carbocycles. The van der Waals surface area contributed by atoms with Gasteiger partial charge in [0, 0.05) is 11.0 Å². The van der Waals surface area contributed by atoms with Crippen LogP contribution in [0.25, 0.3) is 6.08 Å². The van der Waals surface area contributed by atoms with Crippen LogP contribution in [0.2, 0.25) is 5.02 Å². The van der Waals surface area contributed by atoms with Gasteiger partial charge in [-0.15, -0.1) is 6.58 Å². The van der Waals surface area contributed by atoms with Crippen LogP contribution < -0.4 is 9.47 Å². The second-order valence-corrected chi connectivity index (χ2v) is 8.35. The van der Waals surface area contributed by atoms with E-state index in [-0.39, 0.29) is 17.7 Å².